The van der Waals surface area contributed by atoms with Gasteiger partial charge in [0.2, 0.25) is 0 Å². The van der Waals surface area contributed by atoms with E-state index in [1.807, 2.05) is 0 Å². The Kier molecular flexibility index (Phi) is 2.89. The van der Waals surface area contributed by atoms with Crippen molar-refractivity contribution in [3.8, 4) is 5.75 Å². The molecule has 4 heteroatoms. The van der Waals surface area contributed by atoms with E-state index in [0.717, 1.165) is 37.5 Å². The van der Waals surface area contributed by atoms with E-state index >= 15 is 0 Å². The van der Waals surface area contributed by atoms with Crippen LogP contribution in [-0.4, -0.2) is 25.9 Å². The summed E-state index contributed by atoms with van der Waals surface area (Å²) in [5.41, 5.74) is 0.771. The van der Waals surface area contributed by atoms with Gasteiger partial charge in [-0.3, -0.25) is 0 Å². The van der Waals surface area contributed by atoms with Gasteiger partial charge in [0.15, 0.2) is 0 Å². The highest BCUT2D eigenvalue weighted by Gasteiger charge is 2.28. The Bertz CT molecular complexity index is 404. The van der Waals surface area contributed by atoms with Crippen LogP contribution in [0.3, 0.4) is 0 Å². The smallest absolute Gasteiger partial charge is 0.142 e. The predicted octanol–water partition coefficient (Wildman–Crippen LogP) is 2.43. The molecular formula is C13H16FNO2. The van der Waals surface area contributed by atoms with Crippen LogP contribution in [0, 0.1) is 11.7 Å². The van der Waals surface area contributed by atoms with Gasteiger partial charge < -0.3 is 14.8 Å². The summed E-state index contributed by atoms with van der Waals surface area (Å²) in [6, 6.07) is 4.88. The largest absolute Gasteiger partial charge is 0.489 e. The normalized spacial score (nSPS) is 24.6. The van der Waals surface area contributed by atoms with Crippen molar-refractivity contribution in [2.45, 2.75) is 18.9 Å². The molecule has 0 saturated carbocycles. The Morgan fingerprint density at radius 3 is 2.88 bits per heavy atom. The van der Waals surface area contributed by atoms with Gasteiger partial charge in [0.05, 0.1) is 11.7 Å². The second-order valence-corrected chi connectivity index (χ2v) is 4.65. The zero-order chi connectivity index (χ0) is 11.7. The first-order chi connectivity index (χ1) is 8.33. The Morgan fingerprint density at radius 1 is 1.24 bits per heavy atom. The highest BCUT2D eigenvalue weighted by atomic mass is 19.1. The van der Waals surface area contributed by atoms with Crippen LogP contribution in [0.5, 0.6) is 5.75 Å². The molecule has 17 heavy (non-hydrogen) atoms. The first-order valence-corrected chi connectivity index (χ1v) is 6.09. The van der Waals surface area contributed by atoms with Gasteiger partial charge in [-0.25, -0.2) is 4.39 Å². The Balaban J connectivity index is 1.75. The van der Waals surface area contributed by atoms with Crippen molar-refractivity contribution >= 4 is 5.69 Å². The summed E-state index contributed by atoms with van der Waals surface area (Å²) in [4.78, 5) is 0. The SMILES string of the molecule is Fc1ccc2c(c1)NC(C1CCOCC1)CO2. The lowest BCUT2D eigenvalue weighted by atomic mass is 9.91. The average molecular weight is 237 g/mol. The van der Waals surface area contributed by atoms with Crippen LogP contribution >= 0.6 is 0 Å². The predicted molar refractivity (Wildman–Crippen MR) is 62.8 cm³/mol. The highest BCUT2D eigenvalue weighted by Crippen LogP contribution is 2.33. The van der Waals surface area contributed by atoms with Crippen molar-refractivity contribution < 1.29 is 13.9 Å². The van der Waals surface area contributed by atoms with Gasteiger partial charge in [0.25, 0.3) is 0 Å². The molecule has 1 fully saturated rings. The third-order valence-electron chi connectivity index (χ3n) is 3.54. The topological polar surface area (TPSA) is 30.5 Å². The first-order valence-electron chi connectivity index (χ1n) is 6.09. The number of ether oxygens (including phenoxy) is 2. The molecule has 2 heterocycles. The molecule has 0 aliphatic carbocycles. The van der Waals surface area contributed by atoms with E-state index < -0.39 is 0 Å². The van der Waals surface area contributed by atoms with Crippen molar-refractivity contribution in [1.29, 1.82) is 0 Å². The van der Waals surface area contributed by atoms with Crippen molar-refractivity contribution in [1.82, 2.24) is 0 Å². The van der Waals surface area contributed by atoms with Crippen molar-refractivity contribution in [3.05, 3.63) is 24.0 Å². The summed E-state index contributed by atoms with van der Waals surface area (Å²) in [6.45, 7) is 2.29. The number of halogens is 1. The van der Waals surface area contributed by atoms with E-state index in [2.05, 4.69) is 5.32 Å². The van der Waals surface area contributed by atoms with E-state index in [9.17, 15) is 4.39 Å². The monoisotopic (exact) mass is 237 g/mol. The number of fused-ring (bicyclic) bond motifs is 1. The van der Waals surface area contributed by atoms with Crippen molar-refractivity contribution in [2.75, 3.05) is 25.1 Å². The summed E-state index contributed by atoms with van der Waals surface area (Å²) in [5, 5.41) is 3.39. The lowest BCUT2D eigenvalue weighted by Gasteiger charge is -2.35. The highest BCUT2D eigenvalue weighted by molar-refractivity contribution is 5.58. The minimum Gasteiger partial charge on any atom is -0.489 e. The molecule has 92 valence electrons. The van der Waals surface area contributed by atoms with Crippen LogP contribution in [0.25, 0.3) is 0 Å². The van der Waals surface area contributed by atoms with Gasteiger partial charge >= 0.3 is 0 Å². The number of hydrogen-bond donors (Lipinski definition) is 1. The summed E-state index contributed by atoms with van der Waals surface area (Å²) in [6.07, 6.45) is 2.09. The fraction of sp³-hybridized carbons (Fsp3) is 0.538. The average Bonchev–Trinajstić information content (AvgIpc) is 2.39. The van der Waals surface area contributed by atoms with Crippen molar-refractivity contribution in [2.24, 2.45) is 5.92 Å². The molecule has 1 N–H and O–H groups in total. The molecule has 0 bridgehead atoms. The third-order valence-corrected chi connectivity index (χ3v) is 3.54. The summed E-state index contributed by atoms with van der Waals surface area (Å²) in [5.74, 6) is 1.07. The fourth-order valence-electron chi connectivity index (χ4n) is 2.53. The summed E-state index contributed by atoms with van der Waals surface area (Å²) in [7, 11) is 0. The van der Waals surface area contributed by atoms with Crippen LogP contribution in [0.2, 0.25) is 0 Å². The maximum absolute atomic E-state index is 13.1. The zero-order valence-electron chi connectivity index (χ0n) is 9.62. The molecule has 3 nitrogen and oxygen atoms in total. The van der Waals surface area contributed by atoms with Crippen LogP contribution in [0.4, 0.5) is 10.1 Å². The Hall–Kier alpha value is -1.29. The molecule has 1 aromatic carbocycles. The van der Waals surface area contributed by atoms with E-state index in [-0.39, 0.29) is 11.9 Å². The lowest BCUT2D eigenvalue weighted by molar-refractivity contribution is 0.0536. The molecule has 2 aliphatic rings. The molecule has 0 radical (unpaired) electrons. The van der Waals surface area contributed by atoms with Crippen LogP contribution < -0.4 is 10.1 Å². The maximum atomic E-state index is 13.1. The second kappa shape index (κ2) is 4.53. The molecule has 1 saturated heterocycles. The molecular weight excluding hydrogens is 221 g/mol. The third kappa shape index (κ3) is 2.22. The standard InChI is InChI=1S/C13H16FNO2/c14-10-1-2-13-11(7-10)15-12(8-17-13)9-3-5-16-6-4-9/h1-2,7,9,12,15H,3-6,8H2. The molecule has 1 aromatic rings. The molecule has 2 aliphatic heterocycles. The van der Waals surface area contributed by atoms with E-state index in [1.165, 1.54) is 12.1 Å². The zero-order valence-corrected chi connectivity index (χ0v) is 9.62. The van der Waals surface area contributed by atoms with Gasteiger partial charge in [-0.1, -0.05) is 0 Å². The van der Waals surface area contributed by atoms with Gasteiger partial charge in [0, 0.05) is 19.3 Å². The quantitative estimate of drug-likeness (QED) is 0.813. The minimum atomic E-state index is -0.229. The summed E-state index contributed by atoms with van der Waals surface area (Å²) >= 11 is 0. The molecule has 0 aromatic heterocycles. The first kappa shape index (κ1) is 10.8. The Morgan fingerprint density at radius 2 is 2.06 bits per heavy atom. The molecule has 0 spiro atoms. The van der Waals surface area contributed by atoms with Gasteiger partial charge in [-0.2, -0.15) is 0 Å². The summed E-state index contributed by atoms with van der Waals surface area (Å²) < 4.78 is 24.2. The number of nitrogens with one attached hydrogen (secondary N) is 1. The molecule has 1 atom stereocenters. The van der Waals surface area contributed by atoms with E-state index in [0.29, 0.717) is 12.5 Å². The van der Waals surface area contributed by atoms with Crippen LogP contribution in [0.1, 0.15) is 12.8 Å². The van der Waals surface area contributed by atoms with E-state index in [1.54, 1.807) is 6.07 Å². The minimum absolute atomic E-state index is 0.229. The van der Waals surface area contributed by atoms with Gasteiger partial charge in [0.1, 0.15) is 18.2 Å². The van der Waals surface area contributed by atoms with E-state index in [4.69, 9.17) is 9.47 Å². The van der Waals surface area contributed by atoms with Gasteiger partial charge in [-0.05, 0) is 30.9 Å². The Labute approximate surface area is 99.9 Å². The lowest BCUT2D eigenvalue weighted by Crippen LogP contribution is -2.40. The number of rotatable bonds is 1. The molecule has 3 rings (SSSR count). The number of anilines is 1. The number of hydrogen-bond acceptors (Lipinski definition) is 3. The maximum Gasteiger partial charge on any atom is 0.142 e. The second-order valence-electron chi connectivity index (χ2n) is 4.65. The van der Waals surface area contributed by atoms with Crippen LogP contribution in [-0.2, 0) is 4.74 Å². The van der Waals surface area contributed by atoms with Crippen molar-refractivity contribution in [3.63, 3.8) is 0 Å². The molecule has 0 amide bonds. The van der Waals surface area contributed by atoms with Crippen LogP contribution in [0.15, 0.2) is 18.2 Å². The number of benzene rings is 1. The molecule has 1 unspecified atom stereocenters. The fourth-order valence-corrected chi connectivity index (χ4v) is 2.53. The van der Waals surface area contributed by atoms with Gasteiger partial charge in [-0.15, -0.1) is 0 Å².